The molecule has 0 aliphatic heterocycles. The fraction of sp³-hybridized carbons (Fsp3) is 0.174. The number of nitrogens with one attached hydrogen (secondary N) is 1. The lowest BCUT2D eigenvalue weighted by Gasteiger charge is -2.08. The third-order valence-corrected chi connectivity index (χ3v) is 6.14. The van der Waals surface area contributed by atoms with Crippen LogP contribution in [0.4, 0.5) is 5.13 Å². The fourth-order valence-corrected chi connectivity index (χ4v) is 4.30. The summed E-state index contributed by atoms with van der Waals surface area (Å²) in [5, 5.41) is 8.17. The van der Waals surface area contributed by atoms with Crippen molar-refractivity contribution in [1.29, 1.82) is 0 Å². The number of anilines is 1. The predicted molar refractivity (Wildman–Crippen MR) is 126 cm³/mol. The van der Waals surface area contributed by atoms with Gasteiger partial charge in [0.15, 0.2) is 5.13 Å². The van der Waals surface area contributed by atoms with E-state index in [0.29, 0.717) is 40.2 Å². The molecular weight excluding hydrogens is 446 g/mol. The highest BCUT2D eigenvalue weighted by Gasteiger charge is 2.14. The van der Waals surface area contributed by atoms with E-state index in [1.54, 1.807) is 49.8 Å². The number of amides is 1. The van der Waals surface area contributed by atoms with Crippen molar-refractivity contribution < 1.29 is 19.0 Å². The van der Waals surface area contributed by atoms with Gasteiger partial charge in [-0.05, 0) is 37.3 Å². The van der Waals surface area contributed by atoms with Crippen LogP contribution in [0, 0.1) is 6.92 Å². The SMILES string of the molecule is COc1ccc(-c2csc(NC(=O)c3cccc(OCc4csc(C)n4)c3)n2)c(OC)c1. The van der Waals surface area contributed by atoms with Gasteiger partial charge in [-0.2, -0.15) is 0 Å². The second kappa shape index (κ2) is 9.80. The highest BCUT2D eigenvalue weighted by atomic mass is 32.1. The van der Waals surface area contributed by atoms with Gasteiger partial charge in [0, 0.05) is 28.0 Å². The van der Waals surface area contributed by atoms with Crippen LogP contribution in [0.5, 0.6) is 17.2 Å². The zero-order valence-corrected chi connectivity index (χ0v) is 19.4. The third kappa shape index (κ3) is 5.06. The quantitative estimate of drug-likeness (QED) is 0.372. The van der Waals surface area contributed by atoms with Crippen LogP contribution >= 0.6 is 22.7 Å². The van der Waals surface area contributed by atoms with Crippen molar-refractivity contribution in [2.24, 2.45) is 0 Å². The van der Waals surface area contributed by atoms with Gasteiger partial charge in [0.1, 0.15) is 23.9 Å². The first-order valence-electron chi connectivity index (χ1n) is 9.69. The number of aryl methyl sites for hydroxylation is 1. The lowest BCUT2D eigenvalue weighted by molar-refractivity contribution is 0.102. The molecule has 1 amide bonds. The number of thiazole rings is 2. The molecule has 4 aromatic rings. The van der Waals surface area contributed by atoms with E-state index in [0.717, 1.165) is 16.3 Å². The van der Waals surface area contributed by atoms with E-state index in [4.69, 9.17) is 14.2 Å². The monoisotopic (exact) mass is 467 g/mol. The van der Waals surface area contributed by atoms with Crippen LogP contribution in [0.25, 0.3) is 11.3 Å². The first kappa shape index (κ1) is 21.8. The first-order chi connectivity index (χ1) is 15.6. The van der Waals surface area contributed by atoms with Gasteiger partial charge in [-0.1, -0.05) is 6.07 Å². The summed E-state index contributed by atoms with van der Waals surface area (Å²) in [7, 11) is 3.20. The lowest BCUT2D eigenvalue weighted by atomic mass is 10.1. The topological polar surface area (TPSA) is 82.6 Å². The standard InChI is InChI=1S/C23H21N3O4S2/c1-14-24-16(12-31-14)11-30-18-6-4-5-15(9-18)22(27)26-23-25-20(13-32-23)19-8-7-17(28-2)10-21(19)29-3/h4-10,12-13H,11H2,1-3H3,(H,25,26,27). The molecule has 164 valence electrons. The highest BCUT2D eigenvalue weighted by molar-refractivity contribution is 7.14. The molecule has 0 fully saturated rings. The summed E-state index contributed by atoms with van der Waals surface area (Å²) in [4.78, 5) is 21.7. The number of hydrogen-bond donors (Lipinski definition) is 1. The molecule has 32 heavy (non-hydrogen) atoms. The summed E-state index contributed by atoms with van der Waals surface area (Å²) in [6.07, 6.45) is 0. The minimum atomic E-state index is -0.262. The first-order valence-corrected chi connectivity index (χ1v) is 11.4. The maximum Gasteiger partial charge on any atom is 0.257 e. The van der Waals surface area contributed by atoms with Crippen LogP contribution in [0.1, 0.15) is 21.1 Å². The van der Waals surface area contributed by atoms with Crippen LogP contribution in [-0.4, -0.2) is 30.1 Å². The Morgan fingerprint density at radius 3 is 2.62 bits per heavy atom. The molecule has 0 aliphatic rings. The summed E-state index contributed by atoms with van der Waals surface area (Å²) < 4.78 is 16.5. The average molecular weight is 468 g/mol. The second-order valence-electron chi connectivity index (χ2n) is 6.73. The molecule has 0 saturated carbocycles. The summed E-state index contributed by atoms with van der Waals surface area (Å²) in [6.45, 7) is 2.31. The number of rotatable bonds is 8. The van der Waals surface area contributed by atoms with Crippen molar-refractivity contribution in [3.8, 4) is 28.5 Å². The molecule has 9 heteroatoms. The van der Waals surface area contributed by atoms with E-state index in [-0.39, 0.29) is 5.91 Å². The van der Waals surface area contributed by atoms with E-state index in [1.165, 1.54) is 11.3 Å². The smallest absolute Gasteiger partial charge is 0.257 e. The Bertz CT molecular complexity index is 1240. The van der Waals surface area contributed by atoms with Gasteiger partial charge in [0.25, 0.3) is 5.91 Å². The van der Waals surface area contributed by atoms with Crippen molar-refractivity contribution in [3.63, 3.8) is 0 Å². The minimum absolute atomic E-state index is 0.262. The van der Waals surface area contributed by atoms with E-state index in [2.05, 4.69) is 15.3 Å². The molecule has 1 N–H and O–H groups in total. The normalized spacial score (nSPS) is 10.6. The molecule has 2 heterocycles. The molecule has 2 aromatic carbocycles. The second-order valence-corrected chi connectivity index (χ2v) is 8.65. The molecule has 0 bridgehead atoms. The maximum atomic E-state index is 12.7. The van der Waals surface area contributed by atoms with Gasteiger partial charge < -0.3 is 14.2 Å². The van der Waals surface area contributed by atoms with Crippen LogP contribution in [-0.2, 0) is 6.61 Å². The maximum absolute atomic E-state index is 12.7. The highest BCUT2D eigenvalue weighted by Crippen LogP contribution is 2.35. The van der Waals surface area contributed by atoms with Crippen molar-refractivity contribution >= 4 is 33.7 Å². The number of methoxy groups -OCH3 is 2. The van der Waals surface area contributed by atoms with Crippen molar-refractivity contribution in [1.82, 2.24) is 9.97 Å². The Kier molecular flexibility index (Phi) is 6.67. The van der Waals surface area contributed by atoms with Crippen LogP contribution in [0.2, 0.25) is 0 Å². The molecule has 2 aromatic heterocycles. The van der Waals surface area contributed by atoms with Gasteiger partial charge in [-0.25, -0.2) is 9.97 Å². The van der Waals surface area contributed by atoms with E-state index in [1.807, 2.05) is 35.9 Å². The van der Waals surface area contributed by atoms with Gasteiger partial charge in [0.05, 0.1) is 30.6 Å². The number of benzene rings is 2. The average Bonchev–Trinajstić information content (AvgIpc) is 3.46. The molecule has 0 spiro atoms. The molecule has 0 atom stereocenters. The van der Waals surface area contributed by atoms with E-state index < -0.39 is 0 Å². The lowest BCUT2D eigenvalue weighted by Crippen LogP contribution is -2.11. The van der Waals surface area contributed by atoms with Gasteiger partial charge in [0.2, 0.25) is 0 Å². The minimum Gasteiger partial charge on any atom is -0.497 e. The van der Waals surface area contributed by atoms with E-state index >= 15 is 0 Å². The van der Waals surface area contributed by atoms with Crippen LogP contribution < -0.4 is 19.5 Å². The number of hydrogen-bond acceptors (Lipinski definition) is 8. The van der Waals surface area contributed by atoms with Gasteiger partial charge >= 0.3 is 0 Å². The number of carbonyl (C=O) groups is 1. The zero-order valence-electron chi connectivity index (χ0n) is 17.7. The molecular formula is C23H21N3O4S2. The van der Waals surface area contributed by atoms with E-state index in [9.17, 15) is 4.79 Å². The van der Waals surface area contributed by atoms with Gasteiger partial charge in [-0.3, -0.25) is 10.1 Å². The third-order valence-electron chi connectivity index (χ3n) is 4.56. The molecule has 0 radical (unpaired) electrons. The summed E-state index contributed by atoms with van der Waals surface area (Å²) in [5.74, 6) is 1.68. The Labute approximate surface area is 193 Å². The van der Waals surface area contributed by atoms with Crippen molar-refractivity contribution in [3.05, 3.63) is 69.5 Å². The molecule has 0 saturated heterocycles. The summed E-state index contributed by atoms with van der Waals surface area (Å²) >= 11 is 2.92. The number of nitrogens with zero attached hydrogens (tertiary/aromatic N) is 2. The van der Waals surface area contributed by atoms with Crippen molar-refractivity contribution in [2.45, 2.75) is 13.5 Å². The Morgan fingerprint density at radius 2 is 1.88 bits per heavy atom. The fourth-order valence-electron chi connectivity index (χ4n) is 2.99. The largest absolute Gasteiger partial charge is 0.497 e. The molecule has 7 nitrogen and oxygen atoms in total. The van der Waals surface area contributed by atoms with Gasteiger partial charge in [-0.15, -0.1) is 22.7 Å². The number of ether oxygens (including phenoxy) is 3. The molecule has 0 unspecified atom stereocenters. The Morgan fingerprint density at radius 1 is 1.00 bits per heavy atom. The zero-order chi connectivity index (χ0) is 22.5. The Balaban J connectivity index is 1.44. The molecule has 4 rings (SSSR count). The number of aromatic nitrogens is 2. The van der Waals surface area contributed by atoms with Crippen LogP contribution in [0.15, 0.2) is 53.2 Å². The number of carbonyl (C=O) groups excluding carboxylic acids is 1. The predicted octanol–water partition coefficient (Wildman–Crippen LogP) is 5.42. The van der Waals surface area contributed by atoms with Crippen LogP contribution in [0.3, 0.4) is 0 Å². The summed E-state index contributed by atoms with van der Waals surface area (Å²) in [5.41, 5.74) is 2.88. The summed E-state index contributed by atoms with van der Waals surface area (Å²) in [6, 6.07) is 12.5. The van der Waals surface area contributed by atoms with Crippen molar-refractivity contribution in [2.75, 3.05) is 19.5 Å². The molecule has 0 aliphatic carbocycles. The Hall–Kier alpha value is -3.43.